The summed E-state index contributed by atoms with van der Waals surface area (Å²) in [7, 11) is -3.37. The lowest BCUT2D eigenvalue weighted by atomic mass is 9.84. The molecule has 11 aromatic rings. The fraction of sp³-hybridized carbons (Fsp3) is 0. The molecule has 1 aromatic heterocycles. The van der Waals surface area contributed by atoms with Crippen molar-refractivity contribution >= 4 is 55.6 Å². The summed E-state index contributed by atoms with van der Waals surface area (Å²) in [4.78, 5) is 5.19. The van der Waals surface area contributed by atoms with Crippen molar-refractivity contribution in [3.05, 3.63) is 224 Å². The minimum atomic E-state index is -3.37. The fourth-order valence-electron chi connectivity index (χ4n) is 9.64. The van der Waals surface area contributed by atoms with Crippen molar-refractivity contribution in [2.75, 3.05) is 0 Å². The zero-order valence-electron chi connectivity index (χ0n) is 33.1. The second-order valence-corrected chi connectivity index (χ2v) is 18.5. The Labute approximate surface area is 354 Å². The molecule has 12 rings (SSSR count). The van der Waals surface area contributed by atoms with Gasteiger partial charge in [0.25, 0.3) is 0 Å². The van der Waals surface area contributed by atoms with Crippen LogP contribution < -0.4 is 15.9 Å². The highest BCUT2D eigenvalue weighted by Crippen LogP contribution is 2.51. The van der Waals surface area contributed by atoms with Gasteiger partial charge in [0.15, 0.2) is 7.14 Å². The van der Waals surface area contributed by atoms with Gasteiger partial charge in [-0.15, -0.1) is 0 Å². The highest BCUT2D eigenvalue weighted by Gasteiger charge is 2.40. The van der Waals surface area contributed by atoms with Crippen molar-refractivity contribution in [1.29, 1.82) is 0 Å². The summed E-state index contributed by atoms with van der Waals surface area (Å²) >= 11 is 0. The monoisotopic (exact) mass is 796 g/mol. The third-order valence-corrected chi connectivity index (χ3v) is 15.5. The van der Waals surface area contributed by atoms with E-state index in [9.17, 15) is 0 Å². The van der Waals surface area contributed by atoms with Crippen LogP contribution in [0.5, 0.6) is 0 Å². The van der Waals surface area contributed by atoms with Crippen LogP contribution in [0.3, 0.4) is 0 Å². The first-order valence-corrected chi connectivity index (χ1v) is 22.4. The van der Waals surface area contributed by atoms with Crippen molar-refractivity contribution in [2.24, 2.45) is 0 Å². The van der Waals surface area contributed by atoms with Crippen LogP contribution >= 0.6 is 7.14 Å². The summed E-state index contributed by atoms with van der Waals surface area (Å²) in [5, 5.41) is 7.20. The first kappa shape index (κ1) is 35.4. The predicted molar refractivity (Wildman–Crippen MR) is 256 cm³/mol. The zero-order chi connectivity index (χ0) is 40.5. The summed E-state index contributed by atoms with van der Waals surface area (Å²) < 4.78 is 18.5. The molecule has 0 saturated carbocycles. The van der Waals surface area contributed by atoms with Gasteiger partial charge in [0.2, 0.25) is 0 Å². The van der Waals surface area contributed by atoms with Gasteiger partial charge in [0.1, 0.15) is 5.82 Å². The maximum atomic E-state index is 16.3. The standard InChI is InChI=1S/C57H37N2OP/c60-61(45-25-11-4-12-26-45)52-30-16-29-50-56(52)59(57(58-50)40-21-9-3-10-22-40)51-34-32-43(37-53(51)61)42-31-33-48-49(36-42)55(44-24-15-23-41(35-44)38-17-5-1-6-18-38)47-28-14-13-27-46(47)54(48)39-19-7-2-8-20-39/h1-37H. The van der Waals surface area contributed by atoms with Gasteiger partial charge in [-0.2, -0.15) is 0 Å². The van der Waals surface area contributed by atoms with Crippen LogP contribution in [0.1, 0.15) is 0 Å². The lowest BCUT2D eigenvalue weighted by molar-refractivity contribution is 0.592. The Morgan fingerprint density at radius 1 is 0.361 bits per heavy atom. The van der Waals surface area contributed by atoms with Crippen LogP contribution in [0.2, 0.25) is 0 Å². The van der Waals surface area contributed by atoms with Gasteiger partial charge in [-0.1, -0.05) is 188 Å². The first-order valence-electron chi connectivity index (χ1n) is 20.7. The summed E-state index contributed by atoms with van der Waals surface area (Å²) in [5.74, 6) is 0.838. The lowest BCUT2D eigenvalue weighted by Gasteiger charge is -2.29. The van der Waals surface area contributed by atoms with Gasteiger partial charge in [-0.05, 0) is 102 Å². The molecule has 1 aliphatic heterocycles. The molecule has 0 amide bonds. The Balaban J connectivity index is 1.14. The third kappa shape index (κ3) is 5.52. The lowest BCUT2D eigenvalue weighted by Crippen LogP contribution is -2.33. The van der Waals surface area contributed by atoms with Gasteiger partial charge >= 0.3 is 0 Å². The molecule has 1 aliphatic rings. The molecule has 3 nitrogen and oxygen atoms in total. The smallest absolute Gasteiger partial charge is 0.175 e. The number of benzene rings is 10. The summed E-state index contributed by atoms with van der Waals surface area (Å²) in [6.45, 7) is 0. The molecule has 0 radical (unpaired) electrons. The van der Waals surface area contributed by atoms with Crippen molar-refractivity contribution in [3.8, 4) is 61.6 Å². The first-order chi connectivity index (χ1) is 30.1. The second-order valence-electron chi connectivity index (χ2n) is 15.8. The van der Waals surface area contributed by atoms with Gasteiger partial charge in [-0.25, -0.2) is 4.98 Å². The average molecular weight is 797 g/mol. The van der Waals surface area contributed by atoms with Crippen molar-refractivity contribution in [2.45, 2.75) is 0 Å². The van der Waals surface area contributed by atoms with E-state index in [1.807, 2.05) is 66.7 Å². The van der Waals surface area contributed by atoms with Gasteiger partial charge in [0, 0.05) is 21.5 Å². The van der Waals surface area contributed by atoms with Crippen molar-refractivity contribution in [1.82, 2.24) is 9.55 Å². The number of nitrogens with zero attached hydrogens (tertiary/aromatic N) is 2. The van der Waals surface area contributed by atoms with E-state index in [0.717, 1.165) is 66.1 Å². The quantitative estimate of drug-likeness (QED) is 0.124. The molecule has 1 unspecified atom stereocenters. The Morgan fingerprint density at radius 2 is 0.885 bits per heavy atom. The average Bonchev–Trinajstić information content (AvgIpc) is 3.73. The molecule has 0 N–H and O–H groups in total. The second kappa shape index (κ2) is 14.0. The van der Waals surface area contributed by atoms with E-state index >= 15 is 4.57 Å². The van der Waals surface area contributed by atoms with E-state index in [0.29, 0.717) is 0 Å². The number of hydrogen-bond acceptors (Lipinski definition) is 2. The Hall–Kier alpha value is -7.58. The number of imidazole rings is 1. The zero-order valence-corrected chi connectivity index (χ0v) is 34.0. The summed E-state index contributed by atoms with van der Waals surface area (Å²) in [5.41, 5.74) is 12.8. The van der Waals surface area contributed by atoms with E-state index < -0.39 is 7.14 Å². The molecular weight excluding hydrogens is 760 g/mol. The van der Waals surface area contributed by atoms with Gasteiger partial charge in [0.05, 0.1) is 16.7 Å². The van der Waals surface area contributed by atoms with Gasteiger partial charge < -0.3 is 4.57 Å². The van der Waals surface area contributed by atoms with E-state index in [1.165, 1.54) is 44.0 Å². The molecule has 1 atom stereocenters. The van der Waals surface area contributed by atoms with Crippen LogP contribution in [-0.2, 0) is 4.57 Å². The molecule has 0 fully saturated rings. The molecule has 0 spiro atoms. The molecule has 0 saturated heterocycles. The normalized spacial score (nSPS) is 14.4. The number of hydrogen-bond donors (Lipinski definition) is 0. The van der Waals surface area contributed by atoms with Crippen LogP contribution in [0.25, 0.3) is 94.2 Å². The van der Waals surface area contributed by atoms with E-state index in [4.69, 9.17) is 4.98 Å². The van der Waals surface area contributed by atoms with E-state index in [2.05, 4.69) is 162 Å². The van der Waals surface area contributed by atoms with Crippen LogP contribution in [0.15, 0.2) is 224 Å². The minimum Gasteiger partial charge on any atom is -0.308 e. The molecule has 10 aromatic carbocycles. The molecule has 0 bridgehead atoms. The fourth-order valence-corrected chi connectivity index (χ4v) is 12.7. The Kier molecular flexibility index (Phi) is 8.13. The Bertz CT molecular complexity index is 3540. The van der Waals surface area contributed by atoms with Crippen molar-refractivity contribution in [3.63, 3.8) is 0 Å². The van der Waals surface area contributed by atoms with E-state index in [-0.39, 0.29) is 0 Å². The van der Waals surface area contributed by atoms with Gasteiger partial charge in [-0.3, -0.25) is 4.57 Å². The molecule has 2 heterocycles. The number of fused-ring (bicyclic) bond motifs is 4. The molecule has 0 aliphatic carbocycles. The molecule has 61 heavy (non-hydrogen) atoms. The SMILES string of the molecule is O=P1(c2ccccc2)c2cc(-c3ccc4c(-c5ccccc5)c5ccccc5c(-c5cccc(-c6ccccc6)c5)c4c3)ccc2-n2c(-c3ccccc3)nc3cccc1c32. The maximum Gasteiger partial charge on any atom is 0.175 e. The largest absolute Gasteiger partial charge is 0.308 e. The predicted octanol–water partition coefficient (Wildman–Crippen LogP) is 13.6. The topological polar surface area (TPSA) is 34.9 Å². The molecule has 4 heteroatoms. The van der Waals surface area contributed by atoms with Crippen LogP contribution in [0.4, 0.5) is 0 Å². The highest BCUT2D eigenvalue weighted by molar-refractivity contribution is 7.86. The maximum absolute atomic E-state index is 16.3. The number of para-hydroxylation sites is 1. The molecule has 286 valence electrons. The van der Waals surface area contributed by atoms with E-state index in [1.54, 1.807) is 0 Å². The van der Waals surface area contributed by atoms with Crippen molar-refractivity contribution < 1.29 is 4.57 Å². The highest BCUT2D eigenvalue weighted by atomic mass is 31.2. The Morgan fingerprint density at radius 3 is 1.61 bits per heavy atom. The number of rotatable bonds is 6. The third-order valence-electron chi connectivity index (χ3n) is 12.4. The minimum absolute atomic E-state index is 0.811. The van der Waals surface area contributed by atoms with Crippen LogP contribution in [0, 0.1) is 0 Å². The number of aromatic nitrogens is 2. The molecular formula is C57H37N2OP. The summed E-state index contributed by atoms with van der Waals surface area (Å²) in [6.07, 6.45) is 0. The van der Waals surface area contributed by atoms with Crippen LogP contribution in [-0.4, -0.2) is 9.55 Å². The summed E-state index contributed by atoms with van der Waals surface area (Å²) in [6, 6.07) is 78.9.